The maximum absolute atomic E-state index is 12.8. The molecular formula is C17H28BCl3N2O7S. The van der Waals surface area contributed by atoms with Crippen molar-refractivity contribution >= 4 is 64.2 Å². The molecule has 0 bridgehead atoms. The van der Waals surface area contributed by atoms with E-state index in [1.807, 2.05) is 6.92 Å². The molecule has 0 spiro atoms. The zero-order valence-electron chi connectivity index (χ0n) is 18.3. The number of allylic oxidation sites excluding steroid dienone is 1. The molecule has 178 valence electrons. The van der Waals surface area contributed by atoms with Gasteiger partial charge in [-0.15, -0.1) is 0 Å². The number of nitrogens with zero attached hydrogens (tertiary/aromatic N) is 1. The Labute approximate surface area is 199 Å². The summed E-state index contributed by atoms with van der Waals surface area (Å²) in [6, 6.07) is 0. The highest BCUT2D eigenvalue weighted by molar-refractivity contribution is 7.84. The van der Waals surface area contributed by atoms with Crippen LogP contribution in [0.25, 0.3) is 0 Å². The van der Waals surface area contributed by atoms with Crippen LogP contribution in [0, 0.1) is 0 Å². The molecule has 0 aromatic heterocycles. The Morgan fingerprint density at radius 3 is 2.06 bits per heavy atom. The van der Waals surface area contributed by atoms with Gasteiger partial charge in [-0.1, -0.05) is 60.3 Å². The Bertz CT molecular complexity index is 770. The van der Waals surface area contributed by atoms with Gasteiger partial charge in [-0.3, -0.25) is 18.7 Å². The fourth-order valence-corrected chi connectivity index (χ4v) is 3.86. The van der Waals surface area contributed by atoms with Crippen LogP contribution in [-0.4, -0.2) is 66.8 Å². The fourth-order valence-electron chi connectivity index (χ4n) is 2.58. The van der Waals surface area contributed by atoms with E-state index in [-0.39, 0.29) is 0 Å². The van der Waals surface area contributed by atoms with Gasteiger partial charge in [0.05, 0.1) is 0 Å². The van der Waals surface area contributed by atoms with E-state index in [1.54, 1.807) is 40.8 Å². The average Bonchev–Trinajstić information content (AvgIpc) is 2.63. The van der Waals surface area contributed by atoms with E-state index >= 15 is 0 Å². The molecule has 1 N–H and O–H groups in total. The number of hydrogen-bond acceptors (Lipinski definition) is 8. The van der Waals surface area contributed by atoms with Crippen molar-refractivity contribution in [3.8, 4) is 0 Å². The van der Waals surface area contributed by atoms with E-state index in [0.29, 0.717) is 6.42 Å². The van der Waals surface area contributed by atoms with Gasteiger partial charge < -0.3 is 9.31 Å². The van der Waals surface area contributed by atoms with Gasteiger partial charge >= 0.3 is 29.4 Å². The van der Waals surface area contributed by atoms with E-state index in [9.17, 15) is 18.0 Å². The molecule has 0 aromatic rings. The van der Waals surface area contributed by atoms with Gasteiger partial charge in [0.15, 0.2) is 0 Å². The predicted molar refractivity (Wildman–Crippen MR) is 120 cm³/mol. The number of likely N-dealkylation sites (N-methyl/N-ethyl adjacent to an activating group) is 1. The second kappa shape index (κ2) is 10.6. The minimum Gasteiger partial charge on any atom is -0.497 e. The number of rotatable bonds is 8. The molecule has 9 nitrogen and oxygen atoms in total. The summed E-state index contributed by atoms with van der Waals surface area (Å²) in [6.07, 6.45) is 4.44. The molecule has 1 aliphatic rings. The van der Waals surface area contributed by atoms with E-state index in [0.717, 1.165) is 6.42 Å². The first-order valence-electron chi connectivity index (χ1n) is 9.50. The van der Waals surface area contributed by atoms with Gasteiger partial charge in [0.25, 0.3) is 0 Å². The molecule has 1 saturated heterocycles. The molecule has 1 aliphatic heterocycles. The van der Waals surface area contributed by atoms with Crippen molar-refractivity contribution in [1.29, 1.82) is 0 Å². The zero-order valence-corrected chi connectivity index (χ0v) is 21.4. The van der Waals surface area contributed by atoms with Gasteiger partial charge in [0, 0.05) is 0 Å². The van der Waals surface area contributed by atoms with E-state index in [1.165, 1.54) is 11.0 Å². The van der Waals surface area contributed by atoms with E-state index < -0.39 is 56.8 Å². The molecule has 1 heterocycles. The van der Waals surface area contributed by atoms with Crippen LogP contribution in [0.2, 0.25) is 0 Å². The van der Waals surface area contributed by atoms with Crippen molar-refractivity contribution in [2.24, 2.45) is 0 Å². The second-order valence-corrected chi connectivity index (χ2v) is 11.9. The molecule has 14 heteroatoms. The summed E-state index contributed by atoms with van der Waals surface area (Å²) in [6.45, 7) is 7.51. The largest absolute Gasteiger partial charge is 0.622 e. The van der Waals surface area contributed by atoms with Crippen molar-refractivity contribution in [3.05, 3.63) is 12.2 Å². The van der Waals surface area contributed by atoms with Crippen LogP contribution < -0.4 is 4.72 Å². The van der Waals surface area contributed by atoms with Gasteiger partial charge in [0.2, 0.25) is 3.79 Å². The number of carbonyl (C=O) groups excluding carboxylic acids is 2. The molecule has 31 heavy (non-hydrogen) atoms. The highest BCUT2D eigenvalue weighted by atomic mass is 35.6. The van der Waals surface area contributed by atoms with Crippen LogP contribution in [0.1, 0.15) is 47.5 Å². The topological polar surface area (TPSA) is 111 Å². The second-order valence-electron chi connectivity index (χ2n) is 8.05. The molecule has 0 saturated carbocycles. The quantitative estimate of drug-likeness (QED) is 0.295. The smallest absolute Gasteiger partial charge is 0.497 e. The molecule has 0 radical (unpaired) electrons. The maximum Gasteiger partial charge on any atom is 0.622 e. The Morgan fingerprint density at radius 2 is 1.65 bits per heavy atom. The van der Waals surface area contributed by atoms with Crippen LogP contribution >= 0.6 is 34.8 Å². The number of alkyl halides is 3. The van der Waals surface area contributed by atoms with Crippen LogP contribution in [0.5, 0.6) is 0 Å². The lowest BCUT2D eigenvalue weighted by molar-refractivity contribution is -0.166. The molecular weight excluding hydrogens is 493 g/mol. The van der Waals surface area contributed by atoms with Crippen molar-refractivity contribution < 1.29 is 31.5 Å². The summed E-state index contributed by atoms with van der Waals surface area (Å²) in [5.74, 6) is -2.71. The average molecular weight is 522 g/mol. The van der Waals surface area contributed by atoms with Crippen molar-refractivity contribution in [2.75, 3.05) is 13.7 Å². The van der Waals surface area contributed by atoms with Gasteiger partial charge in [-0.05, 0) is 41.2 Å². The summed E-state index contributed by atoms with van der Waals surface area (Å²) >= 11 is 16.6. The van der Waals surface area contributed by atoms with Crippen LogP contribution in [0.15, 0.2) is 12.2 Å². The highest BCUT2D eigenvalue weighted by Crippen LogP contribution is 2.29. The summed E-state index contributed by atoms with van der Waals surface area (Å²) in [5, 5.41) is 0. The summed E-state index contributed by atoms with van der Waals surface area (Å²) in [7, 11) is -4.47. The summed E-state index contributed by atoms with van der Waals surface area (Å²) in [4.78, 5) is 27.2. The number of carbonyl (C=O) groups is 2. The molecule has 1 atom stereocenters. The molecule has 0 aliphatic carbocycles. The van der Waals surface area contributed by atoms with Crippen molar-refractivity contribution in [3.63, 3.8) is 0 Å². The summed E-state index contributed by atoms with van der Waals surface area (Å²) < 4.78 is 40.4. The lowest BCUT2D eigenvalue weighted by Gasteiger charge is -2.45. The van der Waals surface area contributed by atoms with Crippen LogP contribution in [0.3, 0.4) is 0 Å². The first-order valence-corrected chi connectivity index (χ1v) is 12.0. The standard InChI is InChI=1S/C17H28BCl3N2O7S/c1-7-8-9-10-12(22-31(26,27)28-11-17(19,20)21)18-29-13(24)15(2,3)23(6)16(4,5)14(25)30-18/h9-10,12,22H,7-8,11H2,1-6H3/b10-9+. The Morgan fingerprint density at radius 1 is 1.16 bits per heavy atom. The number of unbranched alkanes of at least 4 members (excludes halogenated alkanes) is 1. The molecule has 1 rings (SSSR count). The van der Waals surface area contributed by atoms with Gasteiger partial charge in [-0.25, -0.2) is 0 Å². The first kappa shape index (κ1) is 28.5. The fraction of sp³-hybridized carbons (Fsp3) is 0.765. The minimum atomic E-state index is -4.47. The van der Waals surface area contributed by atoms with Crippen LogP contribution in [0.4, 0.5) is 0 Å². The lowest BCUT2D eigenvalue weighted by Crippen LogP contribution is -2.66. The number of hydrogen-bond donors (Lipinski definition) is 1. The van der Waals surface area contributed by atoms with E-state index in [4.69, 9.17) is 44.1 Å². The van der Waals surface area contributed by atoms with Gasteiger partial charge in [0.1, 0.15) is 23.6 Å². The third kappa shape index (κ3) is 8.06. The Kier molecular flexibility index (Phi) is 9.72. The molecule has 1 unspecified atom stereocenters. The first-order chi connectivity index (χ1) is 13.9. The van der Waals surface area contributed by atoms with Crippen LogP contribution in [-0.2, 0) is 33.4 Å². The minimum absolute atomic E-state index is 0.599. The lowest BCUT2D eigenvalue weighted by atomic mass is 9.76. The molecule has 1 fully saturated rings. The van der Waals surface area contributed by atoms with Crippen molar-refractivity contribution in [2.45, 2.75) is 68.3 Å². The molecule has 0 aromatic carbocycles. The normalized spacial score (nSPS) is 21.4. The van der Waals surface area contributed by atoms with Gasteiger partial charge in [-0.2, -0.15) is 13.1 Å². The maximum atomic E-state index is 12.8. The van der Waals surface area contributed by atoms with Crippen molar-refractivity contribution in [1.82, 2.24) is 9.62 Å². The SMILES string of the molecule is CCC/C=C/C(NS(=O)(=O)OCC(Cl)(Cl)Cl)B1OC(=O)C(C)(C)N(C)C(C)(C)C(=O)O1. The monoisotopic (exact) mass is 520 g/mol. The summed E-state index contributed by atoms with van der Waals surface area (Å²) in [5.41, 5.74) is -2.41. The third-order valence-corrected chi connectivity index (χ3v) is 6.19. The highest BCUT2D eigenvalue weighted by Gasteiger charge is 2.53. The zero-order chi connectivity index (χ0) is 24.3. The molecule has 0 amide bonds. The Balaban J connectivity index is 3.27. The number of nitrogens with one attached hydrogen (secondary N) is 1. The number of halogens is 3. The third-order valence-electron chi connectivity index (χ3n) is 4.87. The Hall–Kier alpha value is -0.555. The van der Waals surface area contributed by atoms with E-state index in [2.05, 4.69) is 8.91 Å². The predicted octanol–water partition coefficient (Wildman–Crippen LogP) is 2.55.